The number of aromatic amines is 2. The number of nitrogens with one attached hydrogen (secondary N) is 4. The third kappa shape index (κ3) is 5.27. The van der Waals surface area contributed by atoms with Gasteiger partial charge in [-0.2, -0.15) is 0 Å². The van der Waals surface area contributed by atoms with Crippen molar-refractivity contribution in [2.75, 3.05) is 0 Å². The molecule has 0 radical (unpaired) electrons. The molecular formula is C29H38N4+2. The smallest absolute Gasteiger partial charge is 0.209 e. The molecule has 0 amide bonds. The van der Waals surface area contributed by atoms with Crippen LogP contribution < -0.4 is 9.98 Å². The van der Waals surface area contributed by atoms with E-state index in [1.165, 1.54) is 70.8 Å². The molecule has 0 atom stereocenters. The van der Waals surface area contributed by atoms with Crippen molar-refractivity contribution in [2.24, 2.45) is 0 Å². The van der Waals surface area contributed by atoms with E-state index in [2.05, 4.69) is 71.9 Å². The van der Waals surface area contributed by atoms with Gasteiger partial charge in [-0.05, 0) is 63.8 Å². The number of H-pyrrole nitrogens is 2. The summed E-state index contributed by atoms with van der Waals surface area (Å²) in [7, 11) is 0. The minimum Gasteiger partial charge on any atom is -0.361 e. The number of aromatic nitrogens is 2. The molecule has 2 aliphatic heterocycles. The van der Waals surface area contributed by atoms with Crippen LogP contribution in [0.25, 0.3) is 12.2 Å². The highest BCUT2D eigenvalue weighted by Crippen LogP contribution is 2.26. The molecule has 4 rings (SSSR count). The van der Waals surface area contributed by atoms with E-state index in [-0.39, 0.29) is 0 Å². The quantitative estimate of drug-likeness (QED) is 0.426. The van der Waals surface area contributed by atoms with Gasteiger partial charge in [-0.15, -0.1) is 0 Å². The van der Waals surface area contributed by atoms with Gasteiger partial charge in [-0.25, -0.2) is 9.98 Å². The Morgan fingerprint density at radius 3 is 1.55 bits per heavy atom. The molecule has 33 heavy (non-hydrogen) atoms. The Morgan fingerprint density at radius 2 is 1.18 bits per heavy atom. The average Bonchev–Trinajstić information content (AvgIpc) is 3.59. The van der Waals surface area contributed by atoms with Crippen molar-refractivity contribution in [3.8, 4) is 0 Å². The second-order valence-electron chi connectivity index (χ2n) is 9.17. The Labute approximate surface area is 198 Å². The minimum absolute atomic E-state index is 0.914. The van der Waals surface area contributed by atoms with Crippen LogP contribution in [-0.4, -0.2) is 21.4 Å². The predicted octanol–water partition coefficient (Wildman–Crippen LogP) is 4.20. The second kappa shape index (κ2) is 10.7. The molecule has 0 saturated heterocycles. The summed E-state index contributed by atoms with van der Waals surface area (Å²) in [5.41, 5.74) is 13.1. The van der Waals surface area contributed by atoms with Gasteiger partial charge in [-0.3, -0.25) is 0 Å². The Bertz CT molecular complexity index is 1050. The highest BCUT2D eigenvalue weighted by molar-refractivity contribution is 6.15. The van der Waals surface area contributed by atoms with Gasteiger partial charge in [-0.1, -0.05) is 26.7 Å². The van der Waals surface area contributed by atoms with Gasteiger partial charge in [0.15, 0.2) is 11.4 Å². The van der Waals surface area contributed by atoms with Gasteiger partial charge in [0.25, 0.3) is 0 Å². The maximum Gasteiger partial charge on any atom is 0.209 e. The first-order valence-electron chi connectivity index (χ1n) is 12.5. The number of hydrogen-bond donors (Lipinski definition) is 4. The highest BCUT2D eigenvalue weighted by atomic mass is 14.8. The first-order chi connectivity index (χ1) is 16.1. The van der Waals surface area contributed by atoms with Crippen molar-refractivity contribution >= 4 is 23.6 Å². The van der Waals surface area contributed by atoms with Gasteiger partial charge < -0.3 is 9.97 Å². The summed E-state index contributed by atoms with van der Waals surface area (Å²) >= 11 is 0. The molecule has 0 spiro atoms. The lowest BCUT2D eigenvalue weighted by Crippen LogP contribution is -2.72. The fourth-order valence-electron chi connectivity index (χ4n) is 4.77. The fourth-order valence-corrected chi connectivity index (χ4v) is 4.77. The molecule has 0 aliphatic carbocycles. The summed E-state index contributed by atoms with van der Waals surface area (Å²) in [5.74, 6) is 0. The fraction of sp³-hybridized carbons (Fsp3) is 0.379. The molecular weight excluding hydrogens is 404 g/mol. The van der Waals surface area contributed by atoms with Gasteiger partial charge in [0.05, 0.1) is 0 Å². The van der Waals surface area contributed by atoms with E-state index < -0.39 is 0 Å². The van der Waals surface area contributed by atoms with E-state index in [1.54, 1.807) is 0 Å². The maximum absolute atomic E-state index is 3.79. The lowest BCUT2D eigenvalue weighted by Gasteiger charge is -2.04. The first-order valence-corrected chi connectivity index (χ1v) is 12.5. The van der Waals surface area contributed by atoms with Crippen LogP contribution in [-0.2, 0) is 0 Å². The number of rotatable bonds is 10. The normalized spacial score (nSPS) is 18.8. The third-order valence-corrected chi connectivity index (χ3v) is 6.77. The van der Waals surface area contributed by atoms with Gasteiger partial charge >= 0.3 is 0 Å². The van der Waals surface area contributed by atoms with Crippen molar-refractivity contribution in [3.63, 3.8) is 0 Å². The van der Waals surface area contributed by atoms with Gasteiger partial charge in [0.2, 0.25) is 11.4 Å². The minimum atomic E-state index is 0.914. The van der Waals surface area contributed by atoms with Crippen molar-refractivity contribution in [3.05, 3.63) is 81.7 Å². The highest BCUT2D eigenvalue weighted by Gasteiger charge is 2.34. The van der Waals surface area contributed by atoms with Crippen molar-refractivity contribution in [1.29, 1.82) is 0 Å². The largest absolute Gasteiger partial charge is 0.361 e. The molecule has 0 saturated carbocycles. The topological polar surface area (TPSA) is 59.5 Å². The van der Waals surface area contributed by atoms with Crippen LogP contribution >= 0.6 is 0 Å². The van der Waals surface area contributed by atoms with E-state index in [0.29, 0.717) is 0 Å². The Balaban J connectivity index is 1.68. The average molecular weight is 443 g/mol. The van der Waals surface area contributed by atoms with Crippen LogP contribution in [0, 0.1) is 0 Å². The van der Waals surface area contributed by atoms with E-state index in [1.807, 2.05) is 24.5 Å². The van der Waals surface area contributed by atoms with E-state index in [4.69, 9.17) is 0 Å². The molecule has 2 aromatic rings. The number of hydrogen-bond acceptors (Lipinski definition) is 0. The SMILES string of the molecule is CCCCC1=C(C)/C(=C/c2ccc[nH]2)[NH+]=C1CC1=[NH+]/C(=C\c2ccc[nH]2)C(C)=C1CCCC. The molecule has 4 nitrogen and oxygen atoms in total. The van der Waals surface area contributed by atoms with Crippen molar-refractivity contribution in [1.82, 2.24) is 9.97 Å². The maximum atomic E-state index is 3.79. The monoisotopic (exact) mass is 442 g/mol. The summed E-state index contributed by atoms with van der Waals surface area (Å²) in [6, 6.07) is 8.33. The van der Waals surface area contributed by atoms with Crippen molar-refractivity contribution in [2.45, 2.75) is 72.6 Å². The first kappa shape index (κ1) is 23.0. The molecule has 4 heteroatoms. The van der Waals surface area contributed by atoms with Crippen molar-refractivity contribution < 1.29 is 9.98 Å². The zero-order valence-corrected chi connectivity index (χ0v) is 20.6. The lowest BCUT2D eigenvalue weighted by molar-refractivity contribution is -0.393. The number of unbranched alkanes of at least 4 members (excludes halogenated alkanes) is 2. The molecule has 2 aliphatic rings. The standard InChI is InChI=1S/C29H36N4/c1-5-7-13-24-20(3)26(17-22-11-9-15-30-22)32-28(24)19-29-25(14-8-6-2)21(4)27(33-29)18-23-12-10-16-31-23/h9-12,15-18,30-31H,5-8,13-14,19H2,1-4H3/p+2/b26-17-,27-18-. The third-order valence-electron chi connectivity index (χ3n) is 6.77. The van der Waals surface area contributed by atoms with Crippen LogP contribution in [0.4, 0.5) is 0 Å². The Kier molecular flexibility index (Phi) is 7.43. The lowest BCUT2D eigenvalue weighted by atomic mass is 9.92. The van der Waals surface area contributed by atoms with Crippen LogP contribution in [0.1, 0.15) is 84.0 Å². The zero-order chi connectivity index (χ0) is 23.2. The Morgan fingerprint density at radius 1 is 0.727 bits per heavy atom. The molecule has 4 N–H and O–H groups in total. The molecule has 172 valence electrons. The predicted molar refractivity (Wildman–Crippen MR) is 139 cm³/mol. The molecule has 4 heterocycles. The summed E-state index contributed by atoms with van der Waals surface area (Å²) in [6.45, 7) is 9.07. The van der Waals surface area contributed by atoms with Crippen LogP contribution in [0.5, 0.6) is 0 Å². The number of allylic oxidation sites excluding steroid dienone is 4. The molecule has 2 aromatic heterocycles. The van der Waals surface area contributed by atoms with Gasteiger partial charge in [0, 0.05) is 58.2 Å². The molecule has 0 aromatic carbocycles. The van der Waals surface area contributed by atoms with Crippen LogP contribution in [0.15, 0.2) is 70.3 Å². The molecule has 0 unspecified atom stereocenters. The summed E-state index contributed by atoms with van der Waals surface area (Å²) in [5, 5.41) is 0. The summed E-state index contributed by atoms with van der Waals surface area (Å²) in [4.78, 5) is 14.2. The zero-order valence-electron chi connectivity index (χ0n) is 20.6. The van der Waals surface area contributed by atoms with Crippen LogP contribution in [0.2, 0.25) is 0 Å². The van der Waals surface area contributed by atoms with Gasteiger partial charge in [0.1, 0.15) is 6.42 Å². The second-order valence-corrected chi connectivity index (χ2v) is 9.17. The van der Waals surface area contributed by atoms with E-state index in [0.717, 1.165) is 30.7 Å². The van der Waals surface area contributed by atoms with E-state index >= 15 is 0 Å². The summed E-state index contributed by atoms with van der Waals surface area (Å²) < 4.78 is 0. The molecule has 0 fully saturated rings. The Hall–Kier alpha value is -3.14. The summed E-state index contributed by atoms with van der Waals surface area (Å²) in [6.07, 6.45) is 16.4. The molecule has 0 bridgehead atoms. The van der Waals surface area contributed by atoms with E-state index in [9.17, 15) is 0 Å². The van der Waals surface area contributed by atoms with Crippen LogP contribution in [0.3, 0.4) is 0 Å².